The fourth-order valence-corrected chi connectivity index (χ4v) is 2.50. The second-order valence-corrected chi connectivity index (χ2v) is 6.58. The fourth-order valence-electron chi connectivity index (χ4n) is 2.50. The molecule has 4 nitrogen and oxygen atoms in total. The minimum Gasteiger partial charge on any atom is -0.389 e. The lowest BCUT2D eigenvalue weighted by molar-refractivity contribution is -0.123. The van der Waals surface area contributed by atoms with Crippen LogP contribution >= 0.6 is 0 Å². The van der Waals surface area contributed by atoms with E-state index in [1.54, 1.807) is 13.8 Å². The molecule has 1 aromatic rings. The number of amides is 1. The van der Waals surface area contributed by atoms with Crippen molar-refractivity contribution < 1.29 is 9.90 Å². The molecule has 1 atom stereocenters. The van der Waals surface area contributed by atoms with Gasteiger partial charge in [-0.05, 0) is 52.3 Å². The first-order valence-electron chi connectivity index (χ1n) is 7.42. The van der Waals surface area contributed by atoms with Crippen LogP contribution in [0.1, 0.15) is 31.9 Å². The van der Waals surface area contributed by atoms with Crippen LogP contribution in [0.2, 0.25) is 0 Å². The van der Waals surface area contributed by atoms with Gasteiger partial charge < -0.3 is 10.4 Å². The number of nitrogens with zero attached hydrogens (tertiary/aromatic N) is 1. The third-order valence-electron chi connectivity index (χ3n) is 3.27. The van der Waals surface area contributed by atoms with Gasteiger partial charge in [-0.25, -0.2) is 0 Å². The van der Waals surface area contributed by atoms with Crippen molar-refractivity contribution in [2.24, 2.45) is 0 Å². The van der Waals surface area contributed by atoms with E-state index >= 15 is 0 Å². The first kappa shape index (κ1) is 17.7. The molecule has 118 valence electrons. The van der Waals surface area contributed by atoms with Crippen LogP contribution in [0.25, 0.3) is 0 Å². The van der Waals surface area contributed by atoms with Crippen LogP contribution in [0.3, 0.4) is 0 Å². The molecule has 2 N–H and O–H groups in total. The molecule has 0 bridgehead atoms. The van der Waals surface area contributed by atoms with Crippen molar-refractivity contribution in [3.63, 3.8) is 0 Å². The summed E-state index contributed by atoms with van der Waals surface area (Å²) in [5.41, 5.74) is 1.72. The van der Waals surface area contributed by atoms with Gasteiger partial charge in [-0.2, -0.15) is 0 Å². The van der Waals surface area contributed by atoms with E-state index in [1.807, 2.05) is 31.0 Å². The van der Waals surface area contributed by atoms with Crippen LogP contribution in [-0.2, 0) is 11.2 Å². The maximum absolute atomic E-state index is 12.0. The highest BCUT2D eigenvalue weighted by atomic mass is 16.3. The van der Waals surface area contributed by atoms with Crippen LogP contribution in [0.5, 0.6) is 0 Å². The van der Waals surface area contributed by atoms with Gasteiger partial charge in [0.25, 0.3) is 0 Å². The number of benzene rings is 1. The van der Waals surface area contributed by atoms with Crippen LogP contribution < -0.4 is 5.32 Å². The SMILES string of the molecule is Cc1ccccc1CC(C)NC(=O)CN(C)CC(C)(C)O. The number of nitrogens with one attached hydrogen (secondary N) is 1. The maximum Gasteiger partial charge on any atom is 0.234 e. The molecule has 0 aliphatic carbocycles. The van der Waals surface area contributed by atoms with Crippen molar-refractivity contribution in [3.05, 3.63) is 35.4 Å². The number of carbonyl (C=O) groups excluding carboxylic acids is 1. The number of hydrogen-bond donors (Lipinski definition) is 2. The molecule has 0 fully saturated rings. The molecule has 0 heterocycles. The van der Waals surface area contributed by atoms with E-state index in [9.17, 15) is 9.90 Å². The fraction of sp³-hybridized carbons (Fsp3) is 0.588. The number of rotatable bonds is 7. The molecule has 0 spiro atoms. The highest BCUT2D eigenvalue weighted by molar-refractivity contribution is 5.78. The van der Waals surface area contributed by atoms with Crippen molar-refractivity contribution in [3.8, 4) is 0 Å². The van der Waals surface area contributed by atoms with Gasteiger partial charge >= 0.3 is 0 Å². The highest BCUT2D eigenvalue weighted by Crippen LogP contribution is 2.09. The smallest absolute Gasteiger partial charge is 0.234 e. The third-order valence-corrected chi connectivity index (χ3v) is 3.27. The van der Waals surface area contributed by atoms with Gasteiger partial charge in [-0.1, -0.05) is 24.3 Å². The third kappa shape index (κ3) is 7.25. The predicted molar refractivity (Wildman–Crippen MR) is 86.3 cm³/mol. The van der Waals surface area contributed by atoms with Crippen LogP contribution in [0, 0.1) is 6.92 Å². The van der Waals surface area contributed by atoms with Crippen molar-refractivity contribution in [1.82, 2.24) is 10.2 Å². The normalized spacial score (nSPS) is 13.3. The van der Waals surface area contributed by atoms with Crippen molar-refractivity contribution in [1.29, 1.82) is 0 Å². The number of hydrogen-bond acceptors (Lipinski definition) is 3. The van der Waals surface area contributed by atoms with E-state index < -0.39 is 5.60 Å². The average molecular weight is 292 g/mol. The van der Waals surface area contributed by atoms with Crippen molar-refractivity contribution in [2.75, 3.05) is 20.1 Å². The van der Waals surface area contributed by atoms with E-state index in [-0.39, 0.29) is 11.9 Å². The Bertz CT molecular complexity index is 466. The summed E-state index contributed by atoms with van der Waals surface area (Å²) in [6.07, 6.45) is 0.827. The Labute approximate surface area is 128 Å². The minimum atomic E-state index is -0.790. The average Bonchev–Trinajstić information content (AvgIpc) is 2.28. The minimum absolute atomic E-state index is 0.0113. The van der Waals surface area contributed by atoms with E-state index in [1.165, 1.54) is 11.1 Å². The van der Waals surface area contributed by atoms with Crippen molar-refractivity contribution in [2.45, 2.75) is 45.8 Å². The lowest BCUT2D eigenvalue weighted by Gasteiger charge is -2.25. The summed E-state index contributed by atoms with van der Waals surface area (Å²) >= 11 is 0. The van der Waals surface area contributed by atoms with Gasteiger partial charge in [0.2, 0.25) is 5.91 Å². The quantitative estimate of drug-likeness (QED) is 0.805. The number of aliphatic hydroxyl groups is 1. The van der Waals surface area contributed by atoms with E-state index in [2.05, 4.69) is 24.4 Å². The summed E-state index contributed by atoms with van der Waals surface area (Å²) in [6.45, 7) is 8.33. The zero-order chi connectivity index (χ0) is 16.0. The standard InChI is InChI=1S/C17H28N2O2/c1-13-8-6-7-9-15(13)10-14(2)18-16(20)11-19(5)12-17(3,4)21/h6-9,14,21H,10-12H2,1-5H3,(H,18,20). The molecule has 1 rings (SSSR count). The lowest BCUT2D eigenvalue weighted by atomic mass is 10.0. The molecule has 1 amide bonds. The molecule has 1 aromatic carbocycles. The van der Waals surface area contributed by atoms with Crippen molar-refractivity contribution >= 4 is 5.91 Å². The van der Waals surface area contributed by atoms with Gasteiger partial charge in [-0.3, -0.25) is 9.69 Å². The Kier molecular flexibility index (Phi) is 6.37. The molecule has 0 saturated carbocycles. The molecule has 21 heavy (non-hydrogen) atoms. The zero-order valence-corrected chi connectivity index (χ0v) is 13.8. The Morgan fingerprint density at radius 3 is 2.57 bits per heavy atom. The first-order chi connectivity index (χ1) is 9.67. The van der Waals surface area contributed by atoms with Gasteiger partial charge in [0.05, 0.1) is 12.1 Å². The van der Waals surface area contributed by atoms with Gasteiger partial charge in [0.1, 0.15) is 0 Å². The molecular weight excluding hydrogens is 264 g/mol. The summed E-state index contributed by atoms with van der Waals surface area (Å²) < 4.78 is 0. The zero-order valence-electron chi connectivity index (χ0n) is 13.8. The summed E-state index contributed by atoms with van der Waals surface area (Å²) in [7, 11) is 1.84. The molecule has 0 aliphatic heterocycles. The molecular formula is C17H28N2O2. The second kappa shape index (κ2) is 7.57. The van der Waals surface area contributed by atoms with E-state index in [0.717, 1.165) is 6.42 Å². The first-order valence-corrected chi connectivity index (χ1v) is 7.42. The van der Waals surface area contributed by atoms with E-state index in [4.69, 9.17) is 0 Å². The summed E-state index contributed by atoms with van der Waals surface area (Å²) in [6, 6.07) is 8.32. The molecule has 4 heteroatoms. The number of likely N-dealkylation sites (N-methyl/N-ethyl adjacent to an activating group) is 1. The molecule has 0 aliphatic rings. The Morgan fingerprint density at radius 2 is 2.00 bits per heavy atom. The predicted octanol–water partition coefficient (Wildman–Crippen LogP) is 1.74. The Hall–Kier alpha value is -1.39. The summed E-state index contributed by atoms with van der Waals surface area (Å²) in [5, 5.41) is 12.7. The van der Waals surface area contributed by atoms with Gasteiger partial charge in [-0.15, -0.1) is 0 Å². The maximum atomic E-state index is 12.0. The number of aryl methyl sites for hydroxylation is 1. The lowest BCUT2D eigenvalue weighted by Crippen LogP contribution is -2.44. The number of carbonyl (C=O) groups is 1. The van der Waals surface area contributed by atoms with Crippen LogP contribution in [0.15, 0.2) is 24.3 Å². The molecule has 0 aromatic heterocycles. The molecule has 0 radical (unpaired) electrons. The monoisotopic (exact) mass is 292 g/mol. The Balaban J connectivity index is 2.42. The van der Waals surface area contributed by atoms with Gasteiger partial charge in [0.15, 0.2) is 0 Å². The van der Waals surface area contributed by atoms with Crippen LogP contribution in [-0.4, -0.2) is 47.7 Å². The van der Waals surface area contributed by atoms with Gasteiger partial charge in [0, 0.05) is 12.6 Å². The largest absolute Gasteiger partial charge is 0.389 e. The second-order valence-electron chi connectivity index (χ2n) is 6.58. The summed E-state index contributed by atoms with van der Waals surface area (Å²) in [5.74, 6) is -0.0113. The van der Waals surface area contributed by atoms with Crippen LogP contribution in [0.4, 0.5) is 0 Å². The topological polar surface area (TPSA) is 52.6 Å². The Morgan fingerprint density at radius 1 is 1.38 bits per heavy atom. The van der Waals surface area contributed by atoms with E-state index in [0.29, 0.717) is 13.1 Å². The highest BCUT2D eigenvalue weighted by Gasteiger charge is 2.18. The molecule has 1 unspecified atom stereocenters. The molecule has 0 saturated heterocycles. The summed E-state index contributed by atoms with van der Waals surface area (Å²) in [4.78, 5) is 13.8.